The Morgan fingerprint density at radius 1 is 1.53 bits per heavy atom. The number of aromatic nitrogens is 2. The van der Waals surface area contributed by atoms with Gasteiger partial charge < -0.3 is 10.4 Å². The normalized spacial score (nSPS) is 10.5. The van der Waals surface area contributed by atoms with E-state index in [9.17, 15) is 9.59 Å². The number of carbonyl (C=O) groups is 2. The first-order valence-electron chi connectivity index (χ1n) is 4.66. The SMILES string of the molecule is CC(=O)Nc1cc2c(Br)cn(C(=O)O)c2cn1. The fourth-order valence-electron chi connectivity index (χ4n) is 1.49. The first-order valence-corrected chi connectivity index (χ1v) is 5.46. The van der Waals surface area contributed by atoms with E-state index in [0.29, 0.717) is 21.2 Å². The molecular formula is C10H8BrN3O3. The number of rotatable bonds is 1. The topological polar surface area (TPSA) is 84.2 Å². The van der Waals surface area contributed by atoms with E-state index >= 15 is 0 Å². The summed E-state index contributed by atoms with van der Waals surface area (Å²) in [5.41, 5.74) is 0.457. The zero-order valence-corrected chi connectivity index (χ0v) is 10.4. The van der Waals surface area contributed by atoms with Crippen molar-refractivity contribution in [2.24, 2.45) is 0 Å². The molecule has 0 unspecified atom stereocenters. The average Bonchev–Trinajstić information content (AvgIpc) is 2.55. The smallest absolute Gasteiger partial charge is 0.416 e. The molecule has 0 atom stereocenters. The number of hydrogen-bond donors (Lipinski definition) is 2. The number of anilines is 1. The van der Waals surface area contributed by atoms with Crippen LogP contribution in [0, 0.1) is 0 Å². The quantitative estimate of drug-likeness (QED) is 0.846. The molecular weight excluding hydrogens is 290 g/mol. The number of hydrogen-bond acceptors (Lipinski definition) is 3. The van der Waals surface area contributed by atoms with E-state index in [-0.39, 0.29) is 5.91 Å². The van der Waals surface area contributed by atoms with Crippen LogP contribution in [-0.4, -0.2) is 26.7 Å². The van der Waals surface area contributed by atoms with Gasteiger partial charge in [-0.05, 0) is 22.0 Å². The molecule has 0 radical (unpaired) electrons. The Hall–Kier alpha value is -1.89. The van der Waals surface area contributed by atoms with Crippen molar-refractivity contribution in [3.05, 3.63) is 22.9 Å². The lowest BCUT2D eigenvalue weighted by molar-refractivity contribution is -0.114. The first-order chi connectivity index (χ1) is 7.99. The molecule has 2 rings (SSSR count). The summed E-state index contributed by atoms with van der Waals surface area (Å²) in [5.74, 6) is 0.152. The molecule has 17 heavy (non-hydrogen) atoms. The fraction of sp³-hybridized carbons (Fsp3) is 0.100. The van der Waals surface area contributed by atoms with Crippen molar-refractivity contribution < 1.29 is 14.7 Å². The van der Waals surface area contributed by atoms with Gasteiger partial charge in [0.05, 0.1) is 11.7 Å². The molecule has 0 aliphatic carbocycles. The Balaban J connectivity index is 2.59. The highest BCUT2D eigenvalue weighted by Gasteiger charge is 2.12. The van der Waals surface area contributed by atoms with Crippen LogP contribution < -0.4 is 5.32 Å². The van der Waals surface area contributed by atoms with Crippen molar-refractivity contribution in [1.29, 1.82) is 0 Å². The minimum atomic E-state index is -1.09. The molecule has 88 valence electrons. The molecule has 2 aromatic heterocycles. The highest BCUT2D eigenvalue weighted by Crippen LogP contribution is 2.27. The number of pyridine rings is 1. The molecule has 0 aliphatic heterocycles. The summed E-state index contributed by atoms with van der Waals surface area (Å²) in [7, 11) is 0. The second kappa shape index (κ2) is 4.17. The summed E-state index contributed by atoms with van der Waals surface area (Å²) < 4.78 is 1.69. The number of halogens is 1. The maximum absolute atomic E-state index is 10.9. The van der Waals surface area contributed by atoms with Crippen LogP contribution in [0.3, 0.4) is 0 Å². The number of nitrogens with one attached hydrogen (secondary N) is 1. The molecule has 2 N–H and O–H groups in total. The van der Waals surface area contributed by atoms with Gasteiger partial charge in [-0.1, -0.05) is 0 Å². The van der Waals surface area contributed by atoms with Gasteiger partial charge in [0.2, 0.25) is 5.91 Å². The van der Waals surface area contributed by atoms with Gasteiger partial charge in [0.15, 0.2) is 0 Å². The van der Waals surface area contributed by atoms with Crippen LogP contribution in [0.25, 0.3) is 10.9 Å². The Morgan fingerprint density at radius 2 is 2.24 bits per heavy atom. The molecule has 2 aromatic rings. The summed E-state index contributed by atoms with van der Waals surface area (Å²) in [5, 5.41) is 12.2. The molecule has 0 bridgehead atoms. The van der Waals surface area contributed by atoms with E-state index in [0.717, 1.165) is 4.57 Å². The Bertz CT molecular complexity index is 621. The Labute approximate surface area is 104 Å². The van der Waals surface area contributed by atoms with Crippen LogP contribution in [-0.2, 0) is 4.79 Å². The minimum Gasteiger partial charge on any atom is -0.464 e. The molecule has 0 aliphatic rings. The van der Waals surface area contributed by atoms with Crippen molar-refractivity contribution in [2.45, 2.75) is 6.92 Å². The zero-order chi connectivity index (χ0) is 12.6. The van der Waals surface area contributed by atoms with Gasteiger partial charge in [-0.15, -0.1) is 0 Å². The van der Waals surface area contributed by atoms with Crippen LogP contribution in [0.1, 0.15) is 6.92 Å². The molecule has 0 aromatic carbocycles. The predicted octanol–water partition coefficient (Wildman–Crippen LogP) is 2.28. The molecule has 2 heterocycles. The number of carbonyl (C=O) groups excluding carboxylic acids is 1. The van der Waals surface area contributed by atoms with Gasteiger partial charge in [-0.2, -0.15) is 0 Å². The van der Waals surface area contributed by atoms with E-state index in [1.165, 1.54) is 19.3 Å². The van der Waals surface area contributed by atoms with Crippen molar-refractivity contribution >= 4 is 44.7 Å². The second-order valence-corrected chi connectivity index (χ2v) is 4.25. The Morgan fingerprint density at radius 3 is 2.82 bits per heavy atom. The van der Waals surface area contributed by atoms with Crippen LogP contribution in [0.15, 0.2) is 22.9 Å². The largest absolute Gasteiger partial charge is 0.464 e. The van der Waals surface area contributed by atoms with Crippen LogP contribution in [0.2, 0.25) is 0 Å². The van der Waals surface area contributed by atoms with Gasteiger partial charge in [0.1, 0.15) is 5.82 Å². The van der Waals surface area contributed by atoms with Crippen LogP contribution >= 0.6 is 15.9 Å². The number of carboxylic acid groups (broad SMARTS) is 1. The van der Waals surface area contributed by atoms with Gasteiger partial charge in [-0.3, -0.25) is 4.79 Å². The summed E-state index contributed by atoms with van der Waals surface area (Å²) >= 11 is 3.26. The van der Waals surface area contributed by atoms with Crippen molar-refractivity contribution in [3.8, 4) is 0 Å². The van der Waals surface area contributed by atoms with Gasteiger partial charge >= 0.3 is 6.09 Å². The minimum absolute atomic E-state index is 0.231. The van der Waals surface area contributed by atoms with E-state index in [1.54, 1.807) is 6.07 Å². The van der Waals surface area contributed by atoms with E-state index in [4.69, 9.17) is 5.11 Å². The summed E-state index contributed by atoms with van der Waals surface area (Å²) in [4.78, 5) is 25.8. The lowest BCUT2D eigenvalue weighted by Crippen LogP contribution is -2.08. The molecule has 0 fully saturated rings. The molecule has 0 saturated heterocycles. The zero-order valence-electron chi connectivity index (χ0n) is 8.77. The summed E-state index contributed by atoms with van der Waals surface area (Å²) in [6, 6.07) is 1.61. The maximum atomic E-state index is 10.9. The molecule has 0 spiro atoms. The second-order valence-electron chi connectivity index (χ2n) is 3.40. The third-order valence-electron chi connectivity index (χ3n) is 2.15. The van der Waals surface area contributed by atoms with Crippen LogP contribution in [0.4, 0.5) is 10.6 Å². The monoisotopic (exact) mass is 297 g/mol. The lowest BCUT2D eigenvalue weighted by atomic mass is 10.3. The van der Waals surface area contributed by atoms with E-state index in [2.05, 4.69) is 26.2 Å². The predicted molar refractivity (Wildman–Crippen MR) is 65.2 cm³/mol. The maximum Gasteiger partial charge on any atom is 0.416 e. The Kier molecular flexibility index (Phi) is 2.84. The molecule has 7 heteroatoms. The van der Waals surface area contributed by atoms with Crippen molar-refractivity contribution in [1.82, 2.24) is 9.55 Å². The lowest BCUT2D eigenvalue weighted by Gasteiger charge is -2.01. The van der Waals surface area contributed by atoms with Crippen molar-refractivity contribution in [3.63, 3.8) is 0 Å². The third-order valence-corrected chi connectivity index (χ3v) is 2.78. The van der Waals surface area contributed by atoms with Gasteiger partial charge in [0, 0.05) is 23.0 Å². The van der Waals surface area contributed by atoms with E-state index in [1.807, 2.05) is 0 Å². The summed E-state index contributed by atoms with van der Waals surface area (Å²) in [6.07, 6.45) is 1.75. The first kappa shape index (κ1) is 11.6. The standard InChI is InChI=1S/C10H8BrN3O3/c1-5(15)13-9-2-6-7(11)4-14(10(16)17)8(6)3-12-9/h2-4H,1H3,(H,16,17)(H,12,13,15). The van der Waals surface area contributed by atoms with Crippen molar-refractivity contribution in [2.75, 3.05) is 5.32 Å². The molecule has 1 amide bonds. The highest BCUT2D eigenvalue weighted by atomic mass is 79.9. The highest BCUT2D eigenvalue weighted by molar-refractivity contribution is 9.10. The summed E-state index contributed by atoms with van der Waals surface area (Å²) in [6.45, 7) is 1.38. The van der Waals surface area contributed by atoms with E-state index < -0.39 is 6.09 Å². The number of fused-ring (bicyclic) bond motifs is 1. The molecule has 0 saturated carbocycles. The fourth-order valence-corrected chi connectivity index (χ4v) is 2.01. The average molecular weight is 298 g/mol. The van der Waals surface area contributed by atoms with Gasteiger partial charge in [0.25, 0.3) is 0 Å². The van der Waals surface area contributed by atoms with Crippen LogP contribution in [0.5, 0.6) is 0 Å². The van der Waals surface area contributed by atoms with Gasteiger partial charge in [-0.25, -0.2) is 14.3 Å². The number of nitrogens with zero attached hydrogens (tertiary/aromatic N) is 2. The number of amides is 1. The molecule has 6 nitrogen and oxygen atoms in total. The third kappa shape index (κ3) is 2.14.